The van der Waals surface area contributed by atoms with Crippen molar-refractivity contribution in [2.45, 2.75) is 6.54 Å². The monoisotopic (exact) mass is 330 g/mol. The molecule has 2 aromatic rings. The molecule has 0 bridgehead atoms. The molecule has 0 atom stereocenters. The number of nitrogens with two attached hydrogens (primary N) is 1. The van der Waals surface area contributed by atoms with Gasteiger partial charge in [-0.3, -0.25) is 4.68 Å². The van der Waals surface area contributed by atoms with Gasteiger partial charge in [0, 0.05) is 10.1 Å². The molecule has 86 valence electrons. The summed E-state index contributed by atoms with van der Waals surface area (Å²) >= 11 is 2.30. The Bertz CT molecular complexity index is 504. The Kier molecular flexibility index (Phi) is 3.34. The molecule has 0 aliphatic heterocycles. The summed E-state index contributed by atoms with van der Waals surface area (Å²) in [5, 5.41) is 5.46. The van der Waals surface area contributed by atoms with E-state index in [0.717, 1.165) is 27.6 Å². The van der Waals surface area contributed by atoms with Crippen LogP contribution in [0.3, 0.4) is 0 Å². The van der Waals surface area contributed by atoms with Crippen molar-refractivity contribution in [1.29, 1.82) is 0 Å². The largest absolute Gasteiger partial charge is 0.382 e. The summed E-state index contributed by atoms with van der Waals surface area (Å²) in [6.07, 6.45) is 0. The molecule has 1 aromatic heterocycles. The van der Waals surface area contributed by atoms with Crippen molar-refractivity contribution in [2.75, 3.05) is 26.4 Å². The van der Waals surface area contributed by atoms with Gasteiger partial charge in [0.25, 0.3) is 0 Å². The van der Waals surface area contributed by atoms with Crippen molar-refractivity contribution in [3.8, 4) is 0 Å². The van der Waals surface area contributed by atoms with E-state index in [-0.39, 0.29) is 0 Å². The number of hydrogen-bond acceptors (Lipinski definition) is 3. The van der Waals surface area contributed by atoms with Gasteiger partial charge in [0.2, 0.25) is 0 Å². The lowest BCUT2D eigenvalue weighted by molar-refractivity contribution is 0.377. The highest BCUT2D eigenvalue weighted by Gasteiger charge is 2.10. The van der Waals surface area contributed by atoms with Crippen LogP contribution in [0, 0.1) is 3.57 Å². The van der Waals surface area contributed by atoms with Gasteiger partial charge in [-0.2, -0.15) is 5.10 Å². The number of hydrogen-bond donors (Lipinski definition) is 1. The van der Waals surface area contributed by atoms with Crippen LogP contribution in [-0.4, -0.2) is 35.3 Å². The van der Waals surface area contributed by atoms with Crippen LogP contribution in [0.15, 0.2) is 18.2 Å². The number of anilines is 1. The summed E-state index contributed by atoms with van der Waals surface area (Å²) in [5.74, 6) is 0.624. The number of halogens is 1. The van der Waals surface area contributed by atoms with Gasteiger partial charge in [0.1, 0.15) is 0 Å². The Morgan fingerprint density at radius 2 is 2.19 bits per heavy atom. The van der Waals surface area contributed by atoms with Crippen molar-refractivity contribution < 1.29 is 0 Å². The van der Waals surface area contributed by atoms with Gasteiger partial charge in [-0.1, -0.05) is 6.07 Å². The van der Waals surface area contributed by atoms with Crippen LogP contribution in [0.5, 0.6) is 0 Å². The maximum Gasteiger partial charge on any atom is 0.154 e. The third kappa shape index (κ3) is 2.15. The van der Waals surface area contributed by atoms with Gasteiger partial charge in [-0.25, -0.2) is 0 Å². The normalized spacial score (nSPS) is 11.5. The summed E-state index contributed by atoms with van der Waals surface area (Å²) in [5.41, 5.74) is 7.05. The van der Waals surface area contributed by atoms with E-state index in [1.165, 1.54) is 0 Å². The minimum atomic E-state index is 0.624. The average Bonchev–Trinajstić information content (AvgIpc) is 2.54. The molecule has 0 saturated heterocycles. The number of fused-ring (bicyclic) bond motifs is 1. The van der Waals surface area contributed by atoms with Gasteiger partial charge in [0.05, 0.1) is 17.4 Å². The first-order valence-corrected chi connectivity index (χ1v) is 6.22. The zero-order chi connectivity index (χ0) is 11.7. The number of nitrogens with zero attached hydrogens (tertiary/aromatic N) is 3. The fourth-order valence-corrected chi connectivity index (χ4v) is 2.44. The van der Waals surface area contributed by atoms with Crippen LogP contribution < -0.4 is 5.73 Å². The number of nitrogen functional groups attached to an aromatic ring is 1. The number of aromatic nitrogens is 2. The first kappa shape index (κ1) is 11.7. The van der Waals surface area contributed by atoms with Crippen LogP contribution >= 0.6 is 22.6 Å². The van der Waals surface area contributed by atoms with Gasteiger partial charge in [0.15, 0.2) is 5.82 Å². The highest BCUT2D eigenvalue weighted by atomic mass is 127. The van der Waals surface area contributed by atoms with Crippen LogP contribution in [-0.2, 0) is 6.54 Å². The van der Waals surface area contributed by atoms with Gasteiger partial charge in [-0.15, -0.1) is 0 Å². The summed E-state index contributed by atoms with van der Waals surface area (Å²) < 4.78 is 3.14. The van der Waals surface area contributed by atoms with Gasteiger partial charge < -0.3 is 10.6 Å². The van der Waals surface area contributed by atoms with Crippen molar-refractivity contribution in [2.24, 2.45) is 0 Å². The lowest BCUT2D eigenvalue weighted by atomic mass is 10.2. The Morgan fingerprint density at radius 3 is 2.88 bits per heavy atom. The second-order valence-electron chi connectivity index (χ2n) is 4.05. The fourth-order valence-electron chi connectivity index (χ4n) is 1.68. The van der Waals surface area contributed by atoms with Gasteiger partial charge in [-0.05, 0) is 48.8 Å². The molecular formula is C11H15IN4. The SMILES string of the molecule is CN(C)CCn1nc(N)c2c(I)cccc21. The molecule has 0 unspecified atom stereocenters. The second-order valence-corrected chi connectivity index (χ2v) is 5.21. The van der Waals surface area contributed by atoms with E-state index in [1.54, 1.807) is 0 Å². The van der Waals surface area contributed by atoms with Crippen molar-refractivity contribution in [3.05, 3.63) is 21.8 Å². The maximum atomic E-state index is 5.93. The minimum absolute atomic E-state index is 0.624. The molecule has 0 saturated carbocycles. The first-order chi connectivity index (χ1) is 7.59. The summed E-state index contributed by atoms with van der Waals surface area (Å²) in [6.45, 7) is 1.82. The number of benzene rings is 1. The summed E-state index contributed by atoms with van der Waals surface area (Å²) in [4.78, 5) is 2.14. The molecule has 16 heavy (non-hydrogen) atoms. The van der Waals surface area contributed by atoms with Crippen LogP contribution in [0.25, 0.3) is 10.9 Å². The smallest absolute Gasteiger partial charge is 0.154 e. The fraction of sp³-hybridized carbons (Fsp3) is 0.364. The topological polar surface area (TPSA) is 47.1 Å². The van der Waals surface area contributed by atoms with Crippen molar-refractivity contribution in [1.82, 2.24) is 14.7 Å². The van der Waals surface area contributed by atoms with E-state index in [0.29, 0.717) is 5.82 Å². The third-order valence-electron chi connectivity index (χ3n) is 2.51. The molecule has 4 nitrogen and oxygen atoms in total. The molecule has 0 spiro atoms. The standard InChI is InChI=1S/C11H15IN4/c1-15(2)6-7-16-9-5-3-4-8(12)10(9)11(13)14-16/h3-5H,6-7H2,1-2H3,(H2,13,14). The van der Waals surface area contributed by atoms with Crippen molar-refractivity contribution in [3.63, 3.8) is 0 Å². The molecule has 0 amide bonds. The Morgan fingerprint density at radius 1 is 1.44 bits per heavy atom. The molecule has 0 aliphatic rings. The third-order valence-corrected chi connectivity index (χ3v) is 3.41. The lowest BCUT2D eigenvalue weighted by Gasteiger charge is -2.09. The molecule has 2 rings (SSSR count). The quantitative estimate of drug-likeness (QED) is 0.873. The Hall–Kier alpha value is -0.820. The maximum absolute atomic E-state index is 5.93. The highest BCUT2D eigenvalue weighted by molar-refractivity contribution is 14.1. The molecule has 0 radical (unpaired) electrons. The Labute approximate surface area is 109 Å². The summed E-state index contributed by atoms with van der Waals surface area (Å²) in [6, 6.07) is 6.16. The molecular weight excluding hydrogens is 315 g/mol. The summed E-state index contributed by atoms with van der Waals surface area (Å²) in [7, 11) is 4.11. The predicted molar refractivity (Wildman–Crippen MR) is 75.4 cm³/mol. The Balaban J connectivity index is 2.43. The minimum Gasteiger partial charge on any atom is -0.382 e. The molecule has 1 heterocycles. The van der Waals surface area contributed by atoms with Crippen LogP contribution in [0.2, 0.25) is 0 Å². The van der Waals surface area contributed by atoms with E-state index in [2.05, 4.69) is 58.8 Å². The molecule has 0 fully saturated rings. The zero-order valence-electron chi connectivity index (χ0n) is 9.44. The van der Waals surface area contributed by atoms with E-state index >= 15 is 0 Å². The van der Waals surface area contributed by atoms with Crippen molar-refractivity contribution >= 4 is 39.3 Å². The van der Waals surface area contributed by atoms with Crippen LogP contribution in [0.1, 0.15) is 0 Å². The zero-order valence-corrected chi connectivity index (χ0v) is 11.6. The van der Waals surface area contributed by atoms with Crippen LogP contribution in [0.4, 0.5) is 5.82 Å². The van der Waals surface area contributed by atoms with Gasteiger partial charge >= 0.3 is 0 Å². The second kappa shape index (κ2) is 4.58. The first-order valence-electron chi connectivity index (χ1n) is 5.15. The number of rotatable bonds is 3. The van der Waals surface area contributed by atoms with E-state index in [1.807, 2.05) is 10.7 Å². The average molecular weight is 330 g/mol. The van der Waals surface area contributed by atoms with E-state index in [4.69, 9.17) is 5.73 Å². The molecule has 5 heteroatoms. The highest BCUT2D eigenvalue weighted by Crippen LogP contribution is 2.25. The van der Waals surface area contributed by atoms with E-state index in [9.17, 15) is 0 Å². The molecule has 0 aliphatic carbocycles. The van der Waals surface area contributed by atoms with E-state index < -0.39 is 0 Å². The number of likely N-dealkylation sites (N-methyl/N-ethyl adjacent to an activating group) is 1. The molecule has 1 aromatic carbocycles. The predicted octanol–water partition coefficient (Wildman–Crippen LogP) is 1.78. The lowest BCUT2D eigenvalue weighted by Crippen LogP contribution is -2.19. The molecule has 2 N–H and O–H groups in total.